The molecule has 0 aliphatic carbocycles. The van der Waals surface area contributed by atoms with Crippen LogP contribution in [0.15, 0.2) is 54.6 Å². The van der Waals surface area contributed by atoms with Crippen molar-refractivity contribution in [3.05, 3.63) is 65.7 Å². The van der Waals surface area contributed by atoms with Gasteiger partial charge in [-0.05, 0) is 55.4 Å². The average Bonchev–Trinajstić information content (AvgIpc) is 3.04. The third kappa shape index (κ3) is 4.85. The summed E-state index contributed by atoms with van der Waals surface area (Å²) in [4.78, 5) is 11.2. The molecule has 0 bridgehead atoms. The Labute approximate surface area is 143 Å². The SMILES string of the molecule is O=C1CCC(CCc2ccccc2CCCOc2ccccc2)O1. The number of hydrogen-bond donors (Lipinski definition) is 0. The van der Waals surface area contributed by atoms with Crippen LogP contribution in [0.3, 0.4) is 0 Å². The molecule has 0 saturated carbocycles. The molecule has 126 valence electrons. The van der Waals surface area contributed by atoms with Crippen molar-refractivity contribution in [3.63, 3.8) is 0 Å². The monoisotopic (exact) mass is 324 g/mol. The van der Waals surface area contributed by atoms with Crippen LogP contribution in [0.1, 0.15) is 36.8 Å². The zero-order chi connectivity index (χ0) is 16.6. The lowest BCUT2D eigenvalue weighted by Gasteiger charge is -2.13. The van der Waals surface area contributed by atoms with Gasteiger partial charge in [-0.25, -0.2) is 0 Å². The number of para-hydroxylation sites is 1. The number of benzene rings is 2. The number of rotatable bonds is 8. The molecule has 0 N–H and O–H groups in total. The first-order valence-electron chi connectivity index (χ1n) is 8.75. The lowest BCUT2D eigenvalue weighted by atomic mass is 9.97. The molecule has 0 spiro atoms. The molecule has 1 heterocycles. The summed E-state index contributed by atoms with van der Waals surface area (Å²) in [5, 5.41) is 0. The Morgan fingerprint density at radius 3 is 2.38 bits per heavy atom. The van der Waals surface area contributed by atoms with Crippen molar-refractivity contribution in [1.29, 1.82) is 0 Å². The normalized spacial score (nSPS) is 16.8. The molecule has 3 nitrogen and oxygen atoms in total. The van der Waals surface area contributed by atoms with Crippen LogP contribution in [0.2, 0.25) is 0 Å². The van der Waals surface area contributed by atoms with E-state index in [1.807, 2.05) is 30.3 Å². The number of hydrogen-bond acceptors (Lipinski definition) is 3. The third-order valence-electron chi connectivity index (χ3n) is 4.42. The summed E-state index contributed by atoms with van der Waals surface area (Å²) in [6, 6.07) is 18.5. The minimum Gasteiger partial charge on any atom is -0.494 e. The molecule has 1 aliphatic heterocycles. The number of aryl methyl sites for hydroxylation is 2. The minimum atomic E-state index is -0.0497. The van der Waals surface area contributed by atoms with Crippen LogP contribution in [-0.2, 0) is 22.4 Å². The molecular weight excluding hydrogens is 300 g/mol. The highest BCUT2D eigenvalue weighted by Gasteiger charge is 2.22. The molecule has 1 saturated heterocycles. The van der Waals surface area contributed by atoms with E-state index >= 15 is 0 Å². The molecule has 24 heavy (non-hydrogen) atoms. The second-order valence-corrected chi connectivity index (χ2v) is 6.22. The van der Waals surface area contributed by atoms with Crippen LogP contribution in [0, 0.1) is 0 Å². The first-order chi connectivity index (χ1) is 11.8. The smallest absolute Gasteiger partial charge is 0.306 e. The number of esters is 1. The highest BCUT2D eigenvalue weighted by atomic mass is 16.5. The van der Waals surface area contributed by atoms with E-state index in [2.05, 4.69) is 24.3 Å². The van der Waals surface area contributed by atoms with E-state index in [-0.39, 0.29) is 12.1 Å². The van der Waals surface area contributed by atoms with Gasteiger partial charge >= 0.3 is 5.97 Å². The maximum Gasteiger partial charge on any atom is 0.306 e. The van der Waals surface area contributed by atoms with E-state index in [0.717, 1.165) is 44.5 Å². The van der Waals surface area contributed by atoms with Gasteiger partial charge in [0.2, 0.25) is 0 Å². The van der Waals surface area contributed by atoms with Crippen LogP contribution in [0.5, 0.6) is 5.75 Å². The molecule has 1 fully saturated rings. The quantitative estimate of drug-likeness (QED) is 0.535. The zero-order valence-corrected chi connectivity index (χ0v) is 13.9. The largest absolute Gasteiger partial charge is 0.494 e. The lowest BCUT2D eigenvalue weighted by Crippen LogP contribution is -2.09. The molecule has 0 amide bonds. The molecule has 3 rings (SSSR count). The molecule has 1 unspecified atom stereocenters. The maximum absolute atomic E-state index is 11.2. The van der Waals surface area contributed by atoms with Crippen molar-refractivity contribution in [1.82, 2.24) is 0 Å². The Morgan fingerprint density at radius 2 is 1.67 bits per heavy atom. The molecular formula is C21H24O3. The molecule has 2 aromatic rings. The van der Waals surface area contributed by atoms with Crippen LogP contribution >= 0.6 is 0 Å². The Morgan fingerprint density at radius 1 is 0.958 bits per heavy atom. The van der Waals surface area contributed by atoms with Crippen LogP contribution < -0.4 is 4.74 Å². The standard InChI is InChI=1S/C21H24O3/c22-21-15-14-20(24-21)13-12-18-8-5-4-7-17(18)9-6-16-23-19-10-2-1-3-11-19/h1-5,7-8,10-11,20H,6,9,12-16H2. The predicted octanol–water partition coefficient (Wildman–Crippen LogP) is 4.34. The van der Waals surface area contributed by atoms with Gasteiger partial charge in [0, 0.05) is 6.42 Å². The first kappa shape index (κ1) is 16.6. The fourth-order valence-corrected chi connectivity index (χ4v) is 3.12. The number of carbonyl (C=O) groups excluding carboxylic acids is 1. The van der Waals surface area contributed by atoms with E-state index in [1.165, 1.54) is 11.1 Å². The van der Waals surface area contributed by atoms with Crippen LogP contribution in [0.25, 0.3) is 0 Å². The predicted molar refractivity (Wildman–Crippen MR) is 94.1 cm³/mol. The Bertz CT molecular complexity index is 651. The number of carbonyl (C=O) groups is 1. The van der Waals surface area contributed by atoms with Gasteiger partial charge in [-0.3, -0.25) is 4.79 Å². The van der Waals surface area contributed by atoms with Crippen molar-refractivity contribution in [3.8, 4) is 5.75 Å². The van der Waals surface area contributed by atoms with E-state index in [0.29, 0.717) is 6.42 Å². The van der Waals surface area contributed by atoms with E-state index in [9.17, 15) is 4.79 Å². The Balaban J connectivity index is 1.46. The average molecular weight is 324 g/mol. The lowest BCUT2D eigenvalue weighted by molar-refractivity contribution is -0.141. The molecule has 2 aromatic carbocycles. The van der Waals surface area contributed by atoms with E-state index in [1.54, 1.807) is 0 Å². The highest BCUT2D eigenvalue weighted by Crippen LogP contribution is 2.21. The van der Waals surface area contributed by atoms with Crippen molar-refractivity contribution in [2.75, 3.05) is 6.61 Å². The number of ether oxygens (including phenoxy) is 2. The first-order valence-corrected chi connectivity index (χ1v) is 8.75. The number of cyclic esters (lactones) is 1. The third-order valence-corrected chi connectivity index (χ3v) is 4.42. The molecule has 1 atom stereocenters. The summed E-state index contributed by atoms with van der Waals surface area (Å²) in [5.74, 6) is 0.875. The zero-order valence-electron chi connectivity index (χ0n) is 13.9. The van der Waals surface area contributed by atoms with Gasteiger partial charge in [0.1, 0.15) is 11.9 Å². The van der Waals surface area contributed by atoms with Crippen molar-refractivity contribution >= 4 is 5.97 Å². The van der Waals surface area contributed by atoms with Crippen molar-refractivity contribution < 1.29 is 14.3 Å². The van der Waals surface area contributed by atoms with Crippen LogP contribution in [-0.4, -0.2) is 18.7 Å². The van der Waals surface area contributed by atoms with Gasteiger partial charge in [-0.15, -0.1) is 0 Å². The molecule has 1 aliphatic rings. The summed E-state index contributed by atoms with van der Waals surface area (Å²) < 4.78 is 11.1. The molecule has 0 radical (unpaired) electrons. The second-order valence-electron chi connectivity index (χ2n) is 6.22. The fourth-order valence-electron chi connectivity index (χ4n) is 3.12. The fraction of sp³-hybridized carbons (Fsp3) is 0.381. The van der Waals surface area contributed by atoms with E-state index < -0.39 is 0 Å². The Kier molecular flexibility index (Phi) is 5.89. The van der Waals surface area contributed by atoms with Gasteiger partial charge in [-0.2, -0.15) is 0 Å². The summed E-state index contributed by atoms with van der Waals surface area (Å²) in [6.07, 6.45) is 5.43. The summed E-state index contributed by atoms with van der Waals surface area (Å²) in [5.41, 5.74) is 2.73. The van der Waals surface area contributed by atoms with Crippen molar-refractivity contribution in [2.45, 2.75) is 44.6 Å². The van der Waals surface area contributed by atoms with E-state index in [4.69, 9.17) is 9.47 Å². The molecule has 0 aromatic heterocycles. The van der Waals surface area contributed by atoms with Gasteiger partial charge in [0.25, 0.3) is 0 Å². The summed E-state index contributed by atoms with van der Waals surface area (Å²) in [7, 11) is 0. The van der Waals surface area contributed by atoms with Gasteiger partial charge < -0.3 is 9.47 Å². The molecule has 3 heteroatoms. The Hall–Kier alpha value is -2.29. The summed E-state index contributed by atoms with van der Waals surface area (Å²) >= 11 is 0. The maximum atomic E-state index is 11.2. The van der Waals surface area contributed by atoms with Gasteiger partial charge in [0.05, 0.1) is 6.61 Å². The minimum absolute atomic E-state index is 0.0497. The summed E-state index contributed by atoms with van der Waals surface area (Å²) in [6.45, 7) is 0.721. The second kappa shape index (κ2) is 8.53. The highest BCUT2D eigenvalue weighted by molar-refractivity contribution is 5.71. The van der Waals surface area contributed by atoms with Crippen LogP contribution in [0.4, 0.5) is 0 Å². The van der Waals surface area contributed by atoms with Crippen molar-refractivity contribution in [2.24, 2.45) is 0 Å². The van der Waals surface area contributed by atoms with Gasteiger partial charge in [0.15, 0.2) is 0 Å². The topological polar surface area (TPSA) is 35.5 Å². The van der Waals surface area contributed by atoms with Gasteiger partial charge in [-0.1, -0.05) is 42.5 Å².